The van der Waals surface area contributed by atoms with Gasteiger partial charge in [0.1, 0.15) is 34.7 Å². The Morgan fingerprint density at radius 3 is 2.70 bits per heavy atom. The van der Waals surface area contributed by atoms with Crippen molar-refractivity contribution in [2.24, 2.45) is 0 Å². The number of hydrogen-bond acceptors (Lipinski definition) is 8. The Kier molecular flexibility index (Phi) is 4.85. The largest absolute Gasteiger partial charge is 0.497 e. The number of carboxylic acids is 1. The van der Waals surface area contributed by atoms with E-state index in [2.05, 4.69) is 20.4 Å². The monoisotopic (exact) mass is 365 g/mol. The molecule has 3 aromatic rings. The molecule has 0 saturated carbocycles. The number of nitriles is 1. The SMILES string of the molecule is COc1ccc(CNc2cc(C#N)nc(-n3ncc(C(=O)O)c3N)n2)cc1. The summed E-state index contributed by atoms with van der Waals surface area (Å²) in [6.07, 6.45) is 1.10. The lowest BCUT2D eigenvalue weighted by atomic mass is 10.2. The van der Waals surface area contributed by atoms with E-state index in [4.69, 9.17) is 15.6 Å². The third-order valence-electron chi connectivity index (χ3n) is 3.69. The lowest BCUT2D eigenvalue weighted by Crippen LogP contribution is -2.11. The fourth-order valence-electron chi connectivity index (χ4n) is 2.30. The number of nitrogens with one attached hydrogen (secondary N) is 1. The molecule has 3 rings (SSSR count). The summed E-state index contributed by atoms with van der Waals surface area (Å²) in [7, 11) is 1.59. The van der Waals surface area contributed by atoms with Gasteiger partial charge in [0, 0.05) is 12.6 Å². The number of carbonyl (C=O) groups is 1. The van der Waals surface area contributed by atoms with Gasteiger partial charge in [0.05, 0.1) is 13.3 Å². The first-order valence-corrected chi connectivity index (χ1v) is 7.75. The van der Waals surface area contributed by atoms with Crippen LogP contribution >= 0.6 is 0 Å². The maximum Gasteiger partial charge on any atom is 0.341 e. The van der Waals surface area contributed by atoms with Crippen molar-refractivity contribution in [3.05, 3.63) is 53.3 Å². The molecule has 0 aliphatic rings. The average molecular weight is 365 g/mol. The molecule has 4 N–H and O–H groups in total. The minimum Gasteiger partial charge on any atom is -0.497 e. The highest BCUT2D eigenvalue weighted by Crippen LogP contribution is 2.18. The number of nitrogen functional groups attached to an aromatic ring is 1. The van der Waals surface area contributed by atoms with Gasteiger partial charge >= 0.3 is 5.97 Å². The molecule has 2 heterocycles. The smallest absolute Gasteiger partial charge is 0.341 e. The molecule has 10 nitrogen and oxygen atoms in total. The second-order valence-electron chi connectivity index (χ2n) is 5.41. The van der Waals surface area contributed by atoms with Crippen molar-refractivity contribution in [1.82, 2.24) is 19.7 Å². The molecule has 0 radical (unpaired) electrons. The number of rotatable bonds is 6. The van der Waals surface area contributed by atoms with Gasteiger partial charge in [-0.1, -0.05) is 12.1 Å². The van der Waals surface area contributed by atoms with Crippen LogP contribution in [0, 0.1) is 11.3 Å². The minimum absolute atomic E-state index is 0.00344. The van der Waals surface area contributed by atoms with E-state index in [9.17, 15) is 10.1 Å². The maximum absolute atomic E-state index is 11.1. The molecule has 0 aliphatic heterocycles. The van der Waals surface area contributed by atoms with Crippen LogP contribution in [0.5, 0.6) is 5.75 Å². The van der Waals surface area contributed by atoms with Crippen LogP contribution in [0.2, 0.25) is 0 Å². The Bertz CT molecular complexity index is 1020. The number of methoxy groups -OCH3 is 1. The summed E-state index contributed by atoms with van der Waals surface area (Å²) in [4.78, 5) is 19.4. The Hall–Kier alpha value is -4.13. The van der Waals surface area contributed by atoms with Crippen molar-refractivity contribution in [2.45, 2.75) is 6.54 Å². The molecule has 0 amide bonds. The molecule has 0 fully saturated rings. The van der Waals surface area contributed by atoms with E-state index < -0.39 is 5.97 Å². The molecule has 27 heavy (non-hydrogen) atoms. The van der Waals surface area contributed by atoms with Crippen molar-refractivity contribution in [1.29, 1.82) is 5.26 Å². The van der Waals surface area contributed by atoms with Crippen LogP contribution < -0.4 is 15.8 Å². The van der Waals surface area contributed by atoms with E-state index in [1.165, 1.54) is 6.07 Å². The first-order chi connectivity index (χ1) is 13.0. The molecule has 136 valence electrons. The van der Waals surface area contributed by atoms with Crippen molar-refractivity contribution >= 4 is 17.6 Å². The lowest BCUT2D eigenvalue weighted by Gasteiger charge is -2.09. The van der Waals surface area contributed by atoms with E-state index in [1.807, 2.05) is 30.3 Å². The van der Waals surface area contributed by atoms with Crippen molar-refractivity contribution in [3.63, 3.8) is 0 Å². The van der Waals surface area contributed by atoms with Crippen LogP contribution in [0.4, 0.5) is 11.6 Å². The van der Waals surface area contributed by atoms with Crippen LogP contribution in [0.1, 0.15) is 21.6 Å². The molecule has 0 unspecified atom stereocenters. The van der Waals surface area contributed by atoms with E-state index in [0.29, 0.717) is 12.4 Å². The number of ether oxygens (including phenoxy) is 1. The first kappa shape index (κ1) is 17.7. The first-order valence-electron chi connectivity index (χ1n) is 7.75. The molecular formula is C17H15N7O3. The third kappa shape index (κ3) is 3.77. The summed E-state index contributed by atoms with van der Waals surface area (Å²) in [6.45, 7) is 0.445. The van der Waals surface area contributed by atoms with Gasteiger partial charge in [-0.3, -0.25) is 0 Å². The highest BCUT2D eigenvalue weighted by Gasteiger charge is 2.17. The standard InChI is InChI=1S/C17H15N7O3/c1-27-12-4-2-10(3-5-12)8-20-14-6-11(7-18)22-17(23-14)24-15(19)13(9-21-24)16(25)26/h2-6,9H,8,19H2,1H3,(H,25,26)(H,20,22,23). The molecule has 0 atom stereocenters. The van der Waals surface area contributed by atoms with E-state index >= 15 is 0 Å². The van der Waals surface area contributed by atoms with Crippen LogP contribution in [-0.4, -0.2) is 37.9 Å². The predicted molar refractivity (Wildman–Crippen MR) is 95.6 cm³/mol. The summed E-state index contributed by atoms with van der Waals surface area (Å²) >= 11 is 0. The quantitative estimate of drug-likeness (QED) is 0.589. The number of hydrogen-bond donors (Lipinski definition) is 3. The highest BCUT2D eigenvalue weighted by molar-refractivity contribution is 5.92. The summed E-state index contributed by atoms with van der Waals surface area (Å²) < 4.78 is 6.19. The van der Waals surface area contributed by atoms with Crippen LogP contribution in [0.25, 0.3) is 5.95 Å². The summed E-state index contributed by atoms with van der Waals surface area (Å²) in [6, 6.07) is 10.9. The van der Waals surface area contributed by atoms with Crippen LogP contribution in [0.15, 0.2) is 36.5 Å². The van der Waals surface area contributed by atoms with Gasteiger partial charge in [0.2, 0.25) is 0 Å². The molecule has 0 spiro atoms. The Morgan fingerprint density at radius 2 is 2.11 bits per heavy atom. The number of nitrogens with zero attached hydrogens (tertiary/aromatic N) is 5. The summed E-state index contributed by atoms with van der Waals surface area (Å²) in [5.41, 5.74) is 6.68. The molecule has 1 aromatic carbocycles. The fraction of sp³-hybridized carbons (Fsp3) is 0.118. The Labute approximate surface area is 153 Å². The number of aromatic carboxylic acids is 1. The van der Waals surface area contributed by atoms with E-state index in [0.717, 1.165) is 22.2 Å². The van der Waals surface area contributed by atoms with Gasteiger partial charge in [-0.2, -0.15) is 25.0 Å². The second kappa shape index (κ2) is 7.40. The predicted octanol–water partition coefficient (Wildman–Crippen LogP) is 1.44. The van der Waals surface area contributed by atoms with Crippen LogP contribution in [0.3, 0.4) is 0 Å². The average Bonchev–Trinajstić information content (AvgIpc) is 3.08. The van der Waals surface area contributed by atoms with Crippen molar-refractivity contribution < 1.29 is 14.6 Å². The van der Waals surface area contributed by atoms with Gasteiger partial charge < -0.3 is 20.9 Å². The second-order valence-corrected chi connectivity index (χ2v) is 5.41. The summed E-state index contributed by atoms with van der Waals surface area (Å²) in [5.74, 6) is -0.222. The number of benzene rings is 1. The number of anilines is 2. The molecular weight excluding hydrogens is 350 g/mol. The highest BCUT2D eigenvalue weighted by atomic mass is 16.5. The van der Waals surface area contributed by atoms with Gasteiger partial charge in [-0.25, -0.2) is 4.79 Å². The number of aromatic nitrogens is 4. The Balaban J connectivity index is 1.87. The molecule has 10 heteroatoms. The lowest BCUT2D eigenvalue weighted by molar-refractivity contribution is 0.0698. The Morgan fingerprint density at radius 1 is 1.37 bits per heavy atom. The van der Waals surface area contributed by atoms with Crippen molar-refractivity contribution in [2.75, 3.05) is 18.2 Å². The van der Waals surface area contributed by atoms with Gasteiger partial charge in [0.15, 0.2) is 0 Å². The zero-order valence-electron chi connectivity index (χ0n) is 14.2. The zero-order chi connectivity index (χ0) is 19.4. The number of carboxylic acid groups (broad SMARTS) is 1. The molecule has 0 saturated heterocycles. The molecule has 0 aliphatic carbocycles. The molecule has 0 bridgehead atoms. The van der Waals surface area contributed by atoms with Gasteiger partial charge in [0.25, 0.3) is 5.95 Å². The van der Waals surface area contributed by atoms with Gasteiger partial charge in [-0.05, 0) is 17.7 Å². The van der Waals surface area contributed by atoms with E-state index in [1.54, 1.807) is 7.11 Å². The fourth-order valence-corrected chi connectivity index (χ4v) is 2.30. The maximum atomic E-state index is 11.1. The normalized spacial score (nSPS) is 10.2. The molecule has 2 aromatic heterocycles. The number of nitrogens with two attached hydrogens (primary N) is 1. The minimum atomic E-state index is -1.21. The van der Waals surface area contributed by atoms with Crippen molar-refractivity contribution in [3.8, 4) is 17.8 Å². The van der Waals surface area contributed by atoms with Gasteiger partial charge in [-0.15, -0.1) is 0 Å². The van der Waals surface area contributed by atoms with E-state index in [-0.39, 0.29) is 23.0 Å². The topological polar surface area (TPSA) is 152 Å². The van der Waals surface area contributed by atoms with Crippen LogP contribution in [-0.2, 0) is 6.54 Å². The zero-order valence-corrected chi connectivity index (χ0v) is 14.2. The summed E-state index contributed by atoms with van der Waals surface area (Å²) in [5, 5.41) is 25.3. The third-order valence-corrected chi connectivity index (χ3v) is 3.69.